The number of benzene rings is 1. The van der Waals surface area contributed by atoms with Crippen LogP contribution < -0.4 is 10.6 Å². The molecule has 0 aromatic heterocycles. The van der Waals surface area contributed by atoms with Crippen molar-refractivity contribution in [3.05, 3.63) is 29.3 Å². The Hall–Kier alpha value is -1.30. The van der Waals surface area contributed by atoms with Crippen LogP contribution in [0.1, 0.15) is 11.6 Å². The van der Waals surface area contributed by atoms with Crippen LogP contribution in [0.3, 0.4) is 0 Å². The van der Waals surface area contributed by atoms with Crippen LogP contribution in [0.4, 0.5) is 23.2 Å². The fourth-order valence-corrected chi connectivity index (χ4v) is 1.41. The second-order valence-electron chi connectivity index (χ2n) is 3.55. The average molecular weight is 236 g/mol. The van der Waals surface area contributed by atoms with E-state index in [1.807, 2.05) is 0 Å². The molecule has 0 radical (unpaired) electrons. The SMILES string of the molecule is CN(C)c1c(C(N)C(F)F)ccc(F)c1F. The van der Waals surface area contributed by atoms with E-state index in [0.717, 1.165) is 12.1 Å². The van der Waals surface area contributed by atoms with E-state index in [4.69, 9.17) is 5.73 Å². The summed E-state index contributed by atoms with van der Waals surface area (Å²) in [6, 6.07) is 0.234. The van der Waals surface area contributed by atoms with Gasteiger partial charge < -0.3 is 10.6 Å². The summed E-state index contributed by atoms with van der Waals surface area (Å²) in [6.45, 7) is 0. The van der Waals surface area contributed by atoms with Gasteiger partial charge in [0.2, 0.25) is 0 Å². The second kappa shape index (κ2) is 4.69. The van der Waals surface area contributed by atoms with Gasteiger partial charge in [0.05, 0.1) is 11.7 Å². The molecule has 0 spiro atoms. The van der Waals surface area contributed by atoms with E-state index < -0.39 is 24.1 Å². The molecule has 0 heterocycles. The van der Waals surface area contributed by atoms with Crippen molar-refractivity contribution in [3.8, 4) is 0 Å². The molecule has 0 aliphatic heterocycles. The van der Waals surface area contributed by atoms with Crippen molar-refractivity contribution in [1.82, 2.24) is 0 Å². The summed E-state index contributed by atoms with van der Waals surface area (Å²) in [5, 5.41) is 0. The van der Waals surface area contributed by atoms with Crippen molar-refractivity contribution in [1.29, 1.82) is 0 Å². The molecule has 2 N–H and O–H groups in total. The third-order valence-electron chi connectivity index (χ3n) is 2.18. The predicted octanol–water partition coefficient (Wildman–Crippen LogP) is 2.30. The van der Waals surface area contributed by atoms with Gasteiger partial charge in [-0.1, -0.05) is 6.07 Å². The van der Waals surface area contributed by atoms with Gasteiger partial charge in [-0.15, -0.1) is 0 Å². The van der Waals surface area contributed by atoms with Crippen LogP contribution in [0.2, 0.25) is 0 Å². The molecular formula is C10H12F4N2. The molecule has 6 heteroatoms. The molecule has 0 fully saturated rings. The lowest BCUT2D eigenvalue weighted by molar-refractivity contribution is 0.116. The van der Waals surface area contributed by atoms with E-state index in [1.54, 1.807) is 0 Å². The van der Waals surface area contributed by atoms with E-state index >= 15 is 0 Å². The van der Waals surface area contributed by atoms with Gasteiger partial charge in [-0.05, 0) is 6.07 Å². The average Bonchev–Trinajstić information content (AvgIpc) is 2.20. The lowest BCUT2D eigenvalue weighted by Gasteiger charge is -2.22. The Morgan fingerprint density at radius 2 is 1.75 bits per heavy atom. The maximum atomic E-state index is 13.4. The zero-order chi connectivity index (χ0) is 12.5. The van der Waals surface area contributed by atoms with Crippen molar-refractivity contribution >= 4 is 5.69 Å². The third-order valence-corrected chi connectivity index (χ3v) is 2.18. The summed E-state index contributed by atoms with van der Waals surface area (Å²) in [7, 11) is 2.86. The van der Waals surface area contributed by atoms with Crippen LogP contribution in [0, 0.1) is 11.6 Å². The monoisotopic (exact) mass is 236 g/mol. The fraction of sp³-hybridized carbons (Fsp3) is 0.400. The van der Waals surface area contributed by atoms with Crippen LogP contribution in [0.15, 0.2) is 12.1 Å². The first kappa shape index (κ1) is 12.8. The quantitative estimate of drug-likeness (QED) is 0.816. The zero-order valence-electron chi connectivity index (χ0n) is 8.85. The molecule has 90 valence electrons. The largest absolute Gasteiger partial charge is 0.375 e. The number of hydrogen-bond acceptors (Lipinski definition) is 2. The van der Waals surface area contributed by atoms with Crippen LogP contribution in [0.5, 0.6) is 0 Å². The standard InChI is InChI=1S/C10H12F4N2/c1-16(2)9-5(8(15)10(13)14)3-4-6(11)7(9)12/h3-4,8,10H,15H2,1-2H3. The van der Waals surface area contributed by atoms with Crippen molar-refractivity contribution in [2.24, 2.45) is 5.73 Å². The fourth-order valence-electron chi connectivity index (χ4n) is 1.41. The molecule has 1 rings (SSSR count). The molecule has 0 saturated heterocycles. The zero-order valence-corrected chi connectivity index (χ0v) is 8.85. The minimum atomic E-state index is -2.83. The van der Waals surface area contributed by atoms with E-state index in [-0.39, 0.29) is 11.3 Å². The summed E-state index contributed by atoms with van der Waals surface area (Å²) in [4.78, 5) is 1.22. The highest BCUT2D eigenvalue weighted by Gasteiger charge is 2.25. The Morgan fingerprint density at radius 3 is 2.19 bits per heavy atom. The maximum Gasteiger partial charge on any atom is 0.257 e. The molecule has 1 atom stereocenters. The van der Waals surface area contributed by atoms with Gasteiger partial charge in [-0.25, -0.2) is 17.6 Å². The molecular weight excluding hydrogens is 224 g/mol. The maximum absolute atomic E-state index is 13.4. The number of nitrogens with two attached hydrogens (primary N) is 1. The number of nitrogens with zero attached hydrogens (tertiary/aromatic N) is 1. The first-order valence-corrected chi connectivity index (χ1v) is 4.55. The summed E-state index contributed by atoms with van der Waals surface area (Å²) >= 11 is 0. The molecule has 2 nitrogen and oxygen atoms in total. The van der Waals surface area contributed by atoms with Crippen molar-refractivity contribution in [2.75, 3.05) is 19.0 Å². The Labute approximate surface area is 90.7 Å². The molecule has 0 aliphatic rings. The molecule has 0 amide bonds. The highest BCUT2D eigenvalue weighted by atomic mass is 19.3. The molecule has 16 heavy (non-hydrogen) atoms. The third kappa shape index (κ3) is 2.27. The molecule has 1 aromatic carbocycles. The molecule has 1 aromatic rings. The summed E-state index contributed by atoms with van der Waals surface area (Å²) in [5.74, 6) is -2.26. The smallest absolute Gasteiger partial charge is 0.257 e. The Kier molecular flexibility index (Phi) is 3.74. The number of alkyl halides is 2. The minimum absolute atomic E-state index is 0.112. The van der Waals surface area contributed by atoms with E-state index in [1.165, 1.54) is 19.0 Å². The topological polar surface area (TPSA) is 29.3 Å². The van der Waals surface area contributed by atoms with Gasteiger partial charge in [-0.2, -0.15) is 0 Å². The van der Waals surface area contributed by atoms with Crippen molar-refractivity contribution in [2.45, 2.75) is 12.5 Å². The molecule has 0 bridgehead atoms. The lowest BCUT2D eigenvalue weighted by atomic mass is 10.0. The highest BCUT2D eigenvalue weighted by molar-refractivity contribution is 5.55. The minimum Gasteiger partial charge on any atom is -0.375 e. The van der Waals surface area contributed by atoms with Gasteiger partial charge >= 0.3 is 0 Å². The van der Waals surface area contributed by atoms with Gasteiger partial charge in [-0.3, -0.25) is 0 Å². The molecule has 0 aliphatic carbocycles. The lowest BCUT2D eigenvalue weighted by Crippen LogP contribution is -2.24. The summed E-state index contributed by atoms with van der Waals surface area (Å²) < 4.78 is 51.2. The first-order chi connectivity index (χ1) is 7.36. The number of halogens is 4. The van der Waals surface area contributed by atoms with Crippen LogP contribution in [-0.2, 0) is 0 Å². The van der Waals surface area contributed by atoms with Gasteiger partial charge in [0.1, 0.15) is 0 Å². The van der Waals surface area contributed by atoms with Crippen molar-refractivity contribution < 1.29 is 17.6 Å². The molecule has 0 saturated carbocycles. The summed E-state index contributed by atoms with van der Waals surface area (Å²) in [5.41, 5.74) is 4.87. The highest BCUT2D eigenvalue weighted by Crippen LogP contribution is 2.31. The summed E-state index contributed by atoms with van der Waals surface area (Å²) in [6.07, 6.45) is -2.83. The van der Waals surface area contributed by atoms with Crippen LogP contribution >= 0.6 is 0 Å². The van der Waals surface area contributed by atoms with Gasteiger partial charge in [0, 0.05) is 19.7 Å². The second-order valence-corrected chi connectivity index (χ2v) is 3.55. The van der Waals surface area contributed by atoms with E-state index in [0.29, 0.717) is 0 Å². The molecule has 1 unspecified atom stereocenters. The van der Waals surface area contributed by atoms with Crippen molar-refractivity contribution in [3.63, 3.8) is 0 Å². The number of hydrogen-bond donors (Lipinski definition) is 1. The normalized spacial score (nSPS) is 13.0. The van der Waals surface area contributed by atoms with Gasteiger partial charge in [0.25, 0.3) is 6.43 Å². The van der Waals surface area contributed by atoms with Crippen LogP contribution in [0.25, 0.3) is 0 Å². The Bertz CT molecular complexity index is 379. The predicted molar refractivity (Wildman–Crippen MR) is 53.6 cm³/mol. The Morgan fingerprint density at radius 1 is 1.19 bits per heavy atom. The van der Waals surface area contributed by atoms with Crippen LogP contribution in [-0.4, -0.2) is 20.5 Å². The van der Waals surface area contributed by atoms with E-state index in [2.05, 4.69) is 0 Å². The number of rotatable bonds is 3. The number of anilines is 1. The first-order valence-electron chi connectivity index (χ1n) is 4.55. The van der Waals surface area contributed by atoms with Gasteiger partial charge in [0.15, 0.2) is 11.6 Å². The van der Waals surface area contributed by atoms with E-state index in [9.17, 15) is 17.6 Å². The Balaban J connectivity index is 3.34.